The predicted octanol–water partition coefficient (Wildman–Crippen LogP) is 2.24. The molecule has 0 aliphatic rings. The summed E-state index contributed by atoms with van der Waals surface area (Å²) in [5, 5.41) is 9.19. The molecule has 1 amide bonds. The number of aliphatic hydroxyl groups excluding tert-OH is 1. The lowest BCUT2D eigenvalue weighted by Crippen LogP contribution is -2.33. The van der Waals surface area contributed by atoms with Crippen molar-refractivity contribution in [1.29, 1.82) is 0 Å². The summed E-state index contributed by atoms with van der Waals surface area (Å²) in [5.41, 5.74) is 1.25. The van der Waals surface area contributed by atoms with E-state index in [0.29, 0.717) is 12.8 Å². The molecule has 18 heavy (non-hydrogen) atoms. The highest BCUT2D eigenvalue weighted by Crippen LogP contribution is 2.05. The third-order valence-electron chi connectivity index (χ3n) is 3.02. The SMILES string of the molecule is CCN(CCc1ccccc1)C(=O)CCC(C)O. The van der Waals surface area contributed by atoms with Crippen molar-refractivity contribution in [2.24, 2.45) is 0 Å². The Morgan fingerprint density at radius 2 is 2.00 bits per heavy atom. The average Bonchev–Trinajstić information content (AvgIpc) is 2.38. The third-order valence-corrected chi connectivity index (χ3v) is 3.02. The minimum atomic E-state index is -0.401. The molecule has 0 saturated carbocycles. The van der Waals surface area contributed by atoms with Crippen LogP contribution < -0.4 is 0 Å². The van der Waals surface area contributed by atoms with Crippen LogP contribution in [0, 0.1) is 0 Å². The minimum absolute atomic E-state index is 0.134. The number of hydrogen-bond acceptors (Lipinski definition) is 2. The summed E-state index contributed by atoms with van der Waals surface area (Å²) in [6.07, 6.45) is 1.46. The van der Waals surface area contributed by atoms with Crippen molar-refractivity contribution in [2.45, 2.75) is 39.2 Å². The summed E-state index contributed by atoms with van der Waals surface area (Å²) < 4.78 is 0. The minimum Gasteiger partial charge on any atom is -0.393 e. The van der Waals surface area contributed by atoms with E-state index in [1.54, 1.807) is 6.92 Å². The first-order valence-corrected chi connectivity index (χ1v) is 6.63. The van der Waals surface area contributed by atoms with Crippen LogP contribution in [0.15, 0.2) is 30.3 Å². The van der Waals surface area contributed by atoms with Gasteiger partial charge in [-0.1, -0.05) is 30.3 Å². The molecule has 1 unspecified atom stereocenters. The lowest BCUT2D eigenvalue weighted by molar-refractivity contribution is -0.131. The van der Waals surface area contributed by atoms with Crippen molar-refractivity contribution in [3.05, 3.63) is 35.9 Å². The van der Waals surface area contributed by atoms with Crippen molar-refractivity contribution >= 4 is 5.91 Å². The molecular weight excluding hydrogens is 226 g/mol. The van der Waals surface area contributed by atoms with Crippen molar-refractivity contribution in [2.75, 3.05) is 13.1 Å². The number of carbonyl (C=O) groups excluding carboxylic acids is 1. The number of carbonyl (C=O) groups is 1. The van der Waals surface area contributed by atoms with Gasteiger partial charge in [-0.3, -0.25) is 4.79 Å². The van der Waals surface area contributed by atoms with E-state index in [1.165, 1.54) is 5.56 Å². The fourth-order valence-electron chi connectivity index (χ4n) is 1.86. The second-order valence-corrected chi connectivity index (χ2v) is 4.60. The number of benzene rings is 1. The van der Waals surface area contributed by atoms with E-state index < -0.39 is 6.10 Å². The van der Waals surface area contributed by atoms with E-state index in [1.807, 2.05) is 30.0 Å². The molecule has 0 radical (unpaired) electrons. The highest BCUT2D eigenvalue weighted by atomic mass is 16.3. The molecule has 100 valence electrons. The highest BCUT2D eigenvalue weighted by Gasteiger charge is 2.12. The van der Waals surface area contributed by atoms with Crippen LogP contribution in [0.1, 0.15) is 32.3 Å². The quantitative estimate of drug-likeness (QED) is 0.805. The second kappa shape index (κ2) is 7.88. The molecule has 0 spiro atoms. The van der Waals surface area contributed by atoms with Gasteiger partial charge in [0.2, 0.25) is 5.91 Å². The zero-order chi connectivity index (χ0) is 13.4. The first kappa shape index (κ1) is 14.7. The molecule has 0 bridgehead atoms. The average molecular weight is 249 g/mol. The molecule has 0 fully saturated rings. The van der Waals surface area contributed by atoms with Crippen LogP contribution in [0.5, 0.6) is 0 Å². The molecule has 1 N–H and O–H groups in total. The van der Waals surface area contributed by atoms with Gasteiger partial charge in [-0.05, 0) is 32.3 Å². The molecule has 1 rings (SSSR count). The first-order valence-electron chi connectivity index (χ1n) is 6.63. The maximum atomic E-state index is 11.9. The van der Waals surface area contributed by atoms with Crippen molar-refractivity contribution in [1.82, 2.24) is 4.90 Å². The Hall–Kier alpha value is -1.35. The fraction of sp³-hybridized carbons (Fsp3) is 0.533. The predicted molar refractivity (Wildman–Crippen MR) is 73.3 cm³/mol. The summed E-state index contributed by atoms with van der Waals surface area (Å²) in [7, 11) is 0. The molecule has 0 aliphatic carbocycles. The standard InChI is InChI=1S/C15H23NO2/c1-3-16(15(18)10-9-13(2)17)12-11-14-7-5-4-6-8-14/h4-8,13,17H,3,9-12H2,1-2H3. The topological polar surface area (TPSA) is 40.5 Å². The smallest absolute Gasteiger partial charge is 0.222 e. The van der Waals surface area contributed by atoms with Gasteiger partial charge in [0.15, 0.2) is 0 Å². The lowest BCUT2D eigenvalue weighted by atomic mass is 10.1. The monoisotopic (exact) mass is 249 g/mol. The number of likely N-dealkylation sites (N-methyl/N-ethyl adjacent to an activating group) is 1. The van der Waals surface area contributed by atoms with Gasteiger partial charge in [-0.15, -0.1) is 0 Å². The molecule has 1 aromatic rings. The van der Waals surface area contributed by atoms with E-state index >= 15 is 0 Å². The second-order valence-electron chi connectivity index (χ2n) is 4.60. The molecule has 3 nitrogen and oxygen atoms in total. The number of nitrogens with zero attached hydrogens (tertiary/aromatic N) is 1. The summed E-state index contributed by atoms with van der Waals surface area (Å²) in [6.45, 7) is 5.18. The van der Waals surface area contributed by atoms with E-state index in [9.17, 15) is 9.90 Å². The molecule has 0 heterocycles. The van der Waals surface area contributed by atoms with Gasteiger partial charge in [0.05, 0.1) is 6.10 Å². The maximum Gasteiger partial charge on any atom is 0.222 e. The zero-order valence-corrected chi connectivity index (χ0v) is 11.3. The number of amides is 1. The van der Waals surface area contributed by atoms with Crippen LogP contribution >= 0.6 is 0 Å². The Balaban J connectivity index is 2.39. The van der Waals surface area contributed by atoms with Gasteiger partial charge < -0.3 is 10.0 Å². The van der Waals surface area contributed by atoms with Crippen LogP contribution in [0.3, 0.4) is 0 Å². The Morgan fingerprint density at radius 3 is 2.56 bits per heavy atom. The van der Waals surface area contributed by atoms with Gasteiger partial charge in [0, 0.05) is 19.5 Å². The summed E-state index contributed by atoms with van der Waals surface area (Å²) in [6, 6.07) is 10.2. The summed E-state index contributed by atoms with van der Waals surface area (Å²) >= 11 is 0. The number of hydrogen-bond donors (Lipinski definition) is 1. The summed E-state index contributed by atoms with van der Waals surface area (Å²) in [4.78, 5) is 13.8. The maximum absolute atomic E-state index is 11.9. The molecule has 1 aromatic carbocycles. The van der Waals surface area contributed by atoms with Crippen LogP contribution in [0.2, 0.25) is 0 Å². The van der Waals surface area contributed by atoms with Crippen molar-refractivity contribution in [3.8, 4) is 0 Å². The van der Waals surface area contributed by atoms with Crippen molar-refractivity contribution in [3.63, 3.8) is 0 Å². The lowest BCUT2D eigenvalue weighted by Gasteiger charge is -2.21. The Morgan fingerprint density at radius 1 is 1.33 bits per heavy atom. The van der Waals surface area contributed by atoms with Crippen LogP contribution in [0.4, 0.5) is 0 Å². The fourth-order valence-corrected chi connectivity index (χ4v) is 1.86. The summed E-state index contributed by atoms with van der Waals surface area (Å²) in [5.74, 6) is 0.134. The molecule has 0 aromatic heterocycles. The van der Waals surface area contributed by atoms with Gasteiger partial charge >= 0.3 is 0 Å². The first-order chi connectivity index (χ1) is 8.63. The molecular formula is C15H23NO2. The molecule has 1 atom stereocenters. The van der Waals surface area contributed by atoms with E-state index in [4.69, 9.17) is 0 Å². The zero-order valence-electron chi connectivity index (χ0n) is 11.3. The van der Waals surface area contributed by atoms with Crippen LogP contribution in [0.25, 0.3) is 0 Å². The number of aliphatic hydroxyl groups is 1. The largest absolute Gasteiger partial charge is 0.393 e. The van der Waals surface area contributed by atoms with Crippen molar-refractivity contribution < 1.29 is 9.90 Å². The third kappa shape index (κ3) is 5.32. The van der Waals surface area contributed by atoms with Gasteiger partial charge in [0.1, 0.15) is 0 Å². The van der Waals surface area contributed by atoms with E-state index in [0.717, 1.165) is 19.5 Å². The molecule has 0 aliphatic heterocycles. The molecule has 0 saturated heterocycles. The Bertz CT molecular complexity index is 349. The normalized spacial score (nSPS) is 12.2. The van der Waals surface area contributed by atoms with Gasteiger partial charge in [-0.2, -0.15) is 0 Å². The van der Waals surface area contributed by atoms with Crippen LogP contribution in [-0.2, 0) is 11.2 Å². The Kier molecular flexibility index (Phi) is 6.44. The Labute approximate surface area is 109 Å². The van der Waals surface area contributed by atoms with E-state index in [-0.39, 0.29) is 5.91 Å². The van der Waals surface area contributed by atoms with Gasteiger partial charge in [-0.25, -0.2) is 0 Å². The van der Waals surface area contributed by atoms with Gasteiger partial charge in [0.25, 0.3) is 0 Å². The van der Waals surface area contributed by atoms with Crippen LogP contribution in [-0.4, -0.2) is 35.1 Å². The van der Waals surface area contributed by atoms with E-state index in [2.05, 4.69) is 12.1 Å². The highest BCUT2D eigenvalue weighted by molar-refractivity contribution is 5.76. The molecule has 3 heteroatoms. The number of rotatable bonds is 7.